The number of furan rings is 1. The maximum absolute atomic E-state index is 11.4. The number of nitrogens with zero attached hydrogens (tertiary/aromatic N) is 2. The molecule has 1 amide bonds. The van der Waals surface area contributed by atoms with Gasteiger partial charge in [0.05, 0.1) is 18.0 Å². The molecule has 0 spiro atoms. The second kappa shape index (κ2) is 5.79. The minimum Gasteiger partial charge on any atom is -0.482 e. The van der Waals surface area contributed by atoms with E-state index in [9.17, 15) is 4.79 Å². The van der Waals surface area contributed by atoms with E-state index in [1.165, 1.54) is 0 Å². The first-order chi connectivity index (χ1) is 9.51. The van der Waals surface area contributed by atoms with Crippen molar-refractivity contribution in [2.24, 2.45) is 5.84 Å². The number of hydrogen-bond donors (Lipinski definition) is 2. The largest absolute Gasteiger partial charge is 0.482 e. The zero-order chi connectivity index (χ0) is 14.7. The van der Waals surface area contributed by atoms with Gasteiger partial charge in [0.1, 0.15) is 18.1 Å². The smallest absolute Gasteiger partial charge is 0.268 e. The lowest BCUT2D eigenvalue weighted by Gasteiger charge is -2.03. The number of nitrogens with one attached hydrogen (secondary N) is 1. The number of aromatic nitrogens is 2. The van der Waals surface area contributed by atoms with Gasteiger partial charge in [0.15, 0.2) is 5.75 Å². The molecule has 0 aliphatic rings. The van der Waals surface area contributed by atoms with E-state index in [2.05, 4.69) is 10.5 Å². The number of aryl methyl sites for hydroxylation is 1. The molecular weight excluding hydrogens is 260 g/mol. The predicted molar refractivity (Wildman–Crippen MR) is 72.0 cm³/mol. The molecule has 0 atom stereocenters. The molecule has 0 bridgehead atoms. The van der Waals surface area contributed by atoms with E-state index in [0.717, 1.165) is 0 Å². The van der Waals surface area contributed by atoms with Crippen LogP contribution >= 0.6 is 0 Å². The molecule has 0 unspecified atom stereocenters. The van der Waals surface area contributed by atoms with Gasteiger partial charge in [-0.25, -0.2) is 5.84 Å². The summed E-state index contributed by atoms with van der Waals surface area (Å²) < 4.78 is 12.8. The molecule has 2 aromatic rings. The summed E-state index contributed by atoms with van der Waals surface area (Å²) in [5.41, 5.74) is 2.48. The molecule has 2 rings (SSSR count). The highest BCUT2D eigenvalue weighted by Crippen LogP contribution is 2.18. The quantitative estimate of drug-likeness (QED) is 0.491. The van der Waals surface area contributed by atoms with Crippen molar-refractivity contribution < 1.29 is 13.9 Å². The van der Waals surface area contributed by atoms with Crippen molar-refractivity contribution >= 4 is 5.91 Å². The van der Waals surface area contributed by atoms with Crippen LogP contribution in [0.25, 0.3) is 0 Å². The van der Waals surface area contributed by atoms with E-state index in [-0.39, 0.29) is 18.6 Å². The average molecular weight is 278 g/mol. The molecule has 0 aromatic carbocycles. The Morgan fingerprint density at radius 3 is 2.95 bits per heavy atom. The zero-order valence-electron chi connectivity index (χ0n) is 11.7. The van der Waals surface area contributed by atoms with Crippen LogP contribution in [0.2, 0.25) is 0 Å². The Balaban J connectivity index is 2.01. The van der Waals surface area contributed by atoms with Crippen LogP contribution in [0.5, 0.6) is 5.75 Å². The van der Waals surface area contributed by atoms with Gasteiger partial charge in [-0.15, -0.1) is 0 Å². The standard InChI is InChI=1S/C13H18N4O3/c1-8(2)17-6-11(5-15-17)19-7-10-4-12(9(3)20-10)13(18)16-14/h4-6,8H,7,14H2,1-3H3,(H,16,18). The Morgan fingerprint density at radius 2 is 2.35 bits per heavy atom. The van der Waals surface area contributed by atoms with Crippen LogP contribution in [0.1, 0.15) is 41.8 Å². The summed E-state index contributed by atoms with van der Waals surface area (Å²) in [4.78, 5) is 11.4. The van der Waals surface area contributed by atoms with E-state index >= 15 is 0 Å². The van der Waals surface area contributed by atoms with Gasteiger partial charge in [0.25, 0.3) is 5.91 Å². The molecule has 0 saturated carbocycles. The molecule has 0 radical (unpaired) electrons. The monoisotopic (exact) mass is 278 g/mol. The molecule has 0 fully saturated rings. The first kappa shape index (κ1) is 14.1. The summed E-state index contributed by atoms with van der Waals surface area (Å²) in [7, 11) is 0. The van der Waals surface area contributed by atoms with Crippen molar-refractivity contribution in [1.29, 1.82) is 0 Å². The Morgan fingerprint density at radius 1 is 1.60 bits per heavy atom. The van der Waals surface area contributed by atoms with Crippen LogP contribution in [0, 0.1) is 6.92 Å². The SMILES string of the molecule is Cc1oc(COc2cnn(C(C)C)c2)cc1C(=O)NN. The molecule has 0 aliphatic heterocycles. The van der Waals surface area contributed by atoms with Gasteiger partial charge in [-0.05, 0) is 26.8 Å². The van der Waals surface area contributed by atoms with E-state index in [4.69, 9.17) is 15.0 Å². The van der Waals surface area contributed by atoms with E-state index < -0.39 is 0 Å². The van der Waals surface area contributed by atoms with Crippen LogP contribution in [0.4, 0.5) is 0 Å². The Kier molecular flexibility index (Phi) is 4.09. The van der Waals surface area contributed by atoms with Crippen LogP contribution in [-0.4, -0.2) is 15.7 Å². The highest BCUT2D eigenvalue weighted by Gasteiger charge is 2.14. The molecule has 0 saturated heterocycles. The molecular formula is C13H18N4O3. The first-order valence-corrected chi connectivity index (χ1v) is 6.28. The maximum Gasteiger partial charge on any atom is 0.268 e. The predicted octanol–water partition coefficient (Wildman–Crippen LogP) is 1.55. The molecule has 7 heteroatoms. The summed E-state index contributed by atoms with van der Waals surface area (Å²) in [6.07, 6.45) is 3.46. The van der Waals surface area contributed by atoms with Gasteiger partial charge in [0.2, 0.25) is 0 Å². The summed E-state index contributed by atoms with van der Waals surface area (Å²) in [5.74, 6) is 6.42. The lowest BCUT2D eigenvalue weighted by Crippen LogP contribution is -2.30. The van der Waals surface area contributed by atoms with Crippen molar-refractivity contribution in [2.45, 2.75) is 33.4 Å². The number of nitrogen functional groups attached to an aromatic ring is 1. The number of ether oxygens (including phenoxy) is 1. The minimum atomic E-state index is -0.384. The normalized spacial score (nSPS) is 10.8. The molecule has 3 N–H and O–H groups in total. The number of rotatable bonds is 5. The van der Waals surface area contributed by atoms with Crippen molar-refractivity contribution in [3.05, 3.63) is 35.5 Å². The molecule has 0 aliphatic carbocycles. The minimum absolute atomic E-state index is 0.225. The van der Waals surface area contributed by atoms with Crippen molar-refractivity contribution in [3.63, 3.8) is 0 Å². The number of hydrazine groups is 1. The van der Waals surface area contributed by atoms with Crippen LogP contribution in [0.15, 0.2) is 22.9 Å². The molecule has 108 valence electrons. The number of hydrogen-bond acceptors (Lipinski definition) is 5. The van der Waals surface area contributed by atoms with Crippen LogP contribution < -0.4 is 16.0 Å². The van der Waals surface area contributed by atoms with Crippen LogP contribution in [0.3, 0.4) is 0 Å². The Hall–Kier alpha value is -2.28. The molecule has 2 heterocycles. The first-order valence-electron chi connectivity index (χ1n) is 6.28. The van der Waals surface area contributed by atoms with E-state index in [0.29, 0.717) is 22.8 Å². The number of carbonyl (C=O) groups is 1. The van der Waals surface area contributed by atoms with Gasteiger partial charge in [0, 0.05) is 6.04 Å². The fraction of sp³-hybridized carbons (Fsp3) is 0.385. The van der Waals surface area contributed by atoms with Gasteiger partial charge in [-0.1, -0.05) is 0 Å². The lowest BCUT2D eigenvalue weighted by molar-refractivity contribution is 0.0952. The zero-order valence-corrected chi connectivity index (χ0v) is 11.7. The van der Waals surface area contributed by atoms with E-state index in [1.54, 1.807) is 23.9 Å². The summed E-state index contributed by atoms with van der Waals surface area (Å²) in [6, 6.07) is 1.89. The number of amides is 1. The maximum atomic E-state index is 11.4. The Labute approximate surface area is 116 Å². The van der Waals surface area contributed by atoms with Crippen LogP contribution in [-0.2, 0) is 6.61 Å². The highest BCUT2D eigenvalue weighted by atomic mass is 16.5. The summed E-state index contributed by atoms with van der Waals surface area (Å²) in [5, 5.41) is 4.17. The highest BCUT2D eigenvalue weighted by molar-refractivity contribution is 5.94. The van der Waals surface area contributed by atoms with Gasteiger partial charge >= 0.3 is 0 Å². The third-order valence-corrected chi connectivity index (χ3v) is 2.83. The average Bonchev–Trinajstić information content (AvgIpc) is 3.02. The Bertz CT molecular complexity index is 601. The fourth-order valence-electron chi connectivity index (χ4n) is 1.75. The van der Waals surface area contributed by atoms with Gasteiger partial charge < -0.3 is 9.15 Å². The number of nitrogens with two attached hydrogens (primary N) is 1. The third kappa shape index (κ3) is 3.00. The number of carbonyl (C=O) groups excluding carboxylic acids is 1. The van der Waals surface area contributed by atoms with Crippen molar-refractivity contribution in [3.8, 4) is 5.75 Å². The summed E-state index contributed by atoms with van der Waals surface area (Å²) >= 11 is 0. The topological polar surface area (TPSA) is 95.3 Å². The second-order valence-electron chi connectivity index (χ2n) is 4.69. The molecule has 7 nitrogen and oxygen atoms in total. The lowest BCUT2D eigenvalue weighted by atomic mass is 10.2. The second-order valence-corrected chi connectivity index (χ2v) is 4.69. The van der Waals surface area contributed by atoms with Crippen molar-refractivity contribution in [2.75, 3.05) is 0 Å². The van der Waals surface area contributed by atoms with Gasteiger partial charge in [-0.2, -0.15) is 5.10 Å². The van der Waals surface area contributed by atoms with Gasteiger partial charge in [-0.3, -0.25) is 14.9 Å². The fourth-order valence-corrected chi connectivity index (χ4v) is 1.75. The van der Waals surface area contributed by atoms with E-state index in [1.807, 2.05) is 20.0 Å². The molecule has 2 aromatic heterocycles. The molecule has 20 heavy (non-hydrogen) atoms. The summed E-state index contributed by atoms with van der Waals surface area (Å²) in [6.45, 7) is 5.99. The third-order valence-electron chi connectivity index (χ3n) is 2.83. The van der Waals surface area contributed by atoms with Crippen molar-refractivity contribution in [1.82, 2.24) is 15.2 Å².